The Hall–Kier alpha value is -2.52. The molecule has 0 radical (unpaired) electrons. The first-order valence-corrected chi connectivity index (χ1v) is 11.4. The topological polar surface area (TPSA) is 34.0 Å². The number of fused-ring (bicyclic) bond motifs is 1. The third-order valence-corrected chi connectivity index (χ3v) is 7.21. The summed E-state index contributed by atoms with van der Waals surface area (Å²) >= 11 is 0. The monoisotopic (exact) mass is 512 g/mol. The van der Waals surface area contributed by atoms with Crippen molar-refractivity contribution >= 4 is 12.4 Å². The van der Waals surface area contributed by atoms with Crippen LogP contribution in [0.25, 0.3) is 11.4 Å². The average Bonchev–Trinajstić information content (AvgIpc) is 3.15. The first-order valence-electron chi connectivity index (χ1n) is 11.4. The number of alkyl halides is 3. The number of hydrogen-bond donors (Lipinski definition) is 0. The van der Waals surface area contributed by atoms with Crippen molar-refractivity contribution in [1.82, 2.24) is 19.7 Å². The SMILES string of the molecule is Cl.Cn1c(CCCCN2C[C@@H]3C[C@]3(c3ccc(C(F)(F)F)cc3)C2)nnc1-c1cc(F)cc(F)c1. The highest BCUT2D eigenvalue weighted by Gasteiger charge is 2.60. The quantitative estimate of drug-likeness (QED) is 0.296. The molecule has 1 saturated heterocycles. The van der Waals surface area contributed by atoms with Gasteiger partial charge in [0.15, 0.2) is 5.82 Å². The maximum absolute atomic E-state index is 13.5. The Morgan fingerprint density at radius 1 is 1.00 bits per heavy atom. The molecule has 1 aliphatic carbocycles. The lowest BCUT2D eigenvalue weighted by Crippen LogP contribution is -2.27. The number of hydrogen-bond acceptors (Lipinski definition) is 3. The normalized spacial score (nSPS) is 21.6. The van der Waals surface area contributed by atoms with E-state index in [1.165, 1.54) is 24.3 Å². The highest BCUT2D eigenvalue weighted by molar-refractivity contribution is 5.85. The third-order valence-electron chi connectivity index (χ3n) is 7.21. The zero-order valence-corrected chi connectivity index (χ0v) is 20.0. The molecule has 4 nitrogen and oxygen atoms in total. The number of piperidine rings is 1. The lowest BCUT2D eigenvalue weighted by atomic mass is 9.94. The Bertz CT molecular complexity index is 1170. The molecular formula is C25H26ClF5N4. The molecule has 0 spiro atoms. The van der Waals surface area contributed by atoms with E-state index in [4.69, 9.17) is 0 Å². The van der Waals surface area contributed by atoms with Crippen LogP contribution in [0, 0.1) is 17.6 Å². The van der Waals surface area contributed by atoms with Gasteiger partial charge >= 0.3 is 6.18 Å². The van der Waals surface area contributed by atoms with E-state index in [0.717, 1.165) is 56.4 Å². The van der Waals surface area contributed by atoms with E-state index in [1.807, 2.05) is 0 Å². The molecule has 10 heteroatoms. The Balaban J connectivity index is 0.00000289. The number of rotatable bonds is 7. The Morgan fingerprint density at radius 3 is 2.34 bits per heavy atom. The second-order valence-corrected chi connectivity index (χ2v) is 9.48. The molecule has 0 amide bonds. The fraction of sp³-hybridized carbons (Fsp3) is 0.440. The van der Waals surface area contributed by atoms with Gasteiger partial charge in [-0.05, 0) is 61.6 Å². The summed E-state index contributed by atoms with van der Waals surface area (Å²) in [5.74, 6) is 0.378. The molecule has 0 unspecified atom stereocenters. The predicted octanol–water partition coefficient (Wildman–Crippen LogP) is 5.80. The molecule has 1 saturated carbocycles. The van der Waals surface area contributed by atoms with Crippen LogP contribution in [0.4, 0.5) is 22.0 Å². The first-order chi connectivity index (χ1) is 16.2. The summed E-state index contributed by atoms with van der Waals surface area (Å²) in [6.45, 7) is 2.77. The summed E-state index contributed by atoms with van der Waals surface area (Å²) in [5.41, 5.74) is 0.759. The van der Waals surface area contributed by atoms with Crippen molar-refractivity contribution in [1.29, 1.82) is 0 Å². The standard InChI is InChI=1S/C25H25F5N4.ClH/c1-33-22(31-32-23(33)16-10-20(26)12-21(27)11-16)4-2-3-9-34-14-19-13-24(19,15-34)17-5-7-18(8-6-17)25(28,29)30;/h5-8,10-12,19H,2-4,9,13-15H2,1H3;1H/t19-,24+;/m0./s1. The van der Waals surface area contributed by atoms with Gasteiger partial charge in [0.1, 0.15) is 17.5 Å². The van der Waals surface area contributed by atoms with Gasteiger partial charge in [0.2, 0.25) is 0 Å². The maximum atomic E-state index is 13.5. The number of unbranched alkanes of at least 4 members (excludes halogenated alkanes) is 1. The second kappa shape index (κ2) is 9.50. The van der Waals surface area contributed by atoms with E-state index in [2.05, 4.69) is 15.1 Å². The van der Waals surface area contributed by atoms with Gasteiger partial charge in [-0.2, -0.15) is 13.2 Å². The van der Waals surface area contributed by atoms with Crippen molar-refractivity contribution in [2.45, 2.75) is 37.3 Å². The molecular weight excluding hydrogens is 487 g/mol. The number of halogens is 6. The minimum absolute atomic E-state index is 0. The molecule has 2 aromatic carbocycles. The second-order valence-electron chi connectivity index (χ2n) is 9.48. The van der Waals surface area contributed by atoms with Gasteiger partial charge in [-0.1, -0.05) is 12.1 Å². The van der Waals surface area contributed by atoms with Crippen LogP contribution in [0.2, 0.25) is 0 Å². The van der Waals surface area contributed by atoms with Gasteiger partial charge in [0.05, 0.1) is 5.56 Å². The van der Waals surface area contributed by atoms with Gasteiger partial charge in [0.25, 0.3) is 0 Å². The van der Waals surface area contributed by atoms with Crippen LogP contribution in [-0.2, 0) is 25.1 Å². The van der Waals surface area contributed by atoms with Crippen molar-refractivity contribution in [3.8, 4) is 11.4 Å². The maximum Gasteiger partial charge on any atom is 0.416 e. The molecule has 35 heavy (non-hydrogen) atoms. The number of nitrogens with zero attached hydrogens (tertiary/aromatic N) is 4. The lowest BCUT2D eigenvalue weighted by Gasteiger charge is -2.21. The highest BCUT2D eigenvalue weighted by atomic mass is 35.5. The summed E-state index contributed by atoms with van der Waals surface area (Å²) in [5, 5.41) is 8.29. The number of aryl methyl sites for hydroxylation is 1. The summed E-state index contributed by atoms with van der Waals surface area (Å²) < 4.78 is 67.4. The van der Waals surface area contributed by atoms with Crippen LogP contribution in [0.1, 0.15) is 36.2 Å². The van der Waals surface area contributed by atoms with E-state index in [0.29, 0.717) is 23.7 Å². The van der Waals surface area contributed by atoms with Crippen LogP contribution in [0.15, 0.2) is 42.5 Å². The number of aromatic nitrogens is 3. The van der Waals surface area contributed by atoms with Gasteiger partial charge in [-0.25, -0.2) is 8.78 Å². The van der Waals surface area contributed by atoms with Crippen molar-refractivity contribution < 1.29 is 22.0 Å². The summed E-state index contributed by atoms with van der Waals surface area (Å²) in [6, 6.07) is 8.96. The fourth-order valence-electron chi connectivity index (χ4n) is 5.33. The van der Waals surface area contributed by atoms with Gasteiger partial charge in [0, 0.05) is 43.6 Å². The van der Waals surface area contributed by atoms with E-state index in [1.54, 1.807) is 23.7 Å². The molecule has 2 aliphatic rings. The summed E-state index contributed by atoms with van der Waals surface area (Å²) in [7, 11) is 1.79. The van der Waals surface area contributed by atoms with Crippen LogP contribution >= 0.6 is 12.4 Å². The molecule has 1 aromatic heterocycles. The first kappa shape index (κ1) is 25.6. The van der Waals surface area contributed by atoms with E-state index >= 15 is 0 Å². The molecule has 1 aliphatic heterocycles. The Kier molecular flexibility index (Phi) is 6.94. The molecule has 188 valence electrons. The molecule has 0 bridgehead atoms. The van der Waals surface area contributed by atoms with Gasteiger partial charge in [-0.3, -0.25) is 0 Å². The summed E-state index contributed by atoms with van der Waals surface area (Å²) in [6.07, 6.45) is -0.734. The third kappa shape index (κ3) is 5.07. The molecule has 2 atom stereocenters. The molecule has 0 N–H and O–H groups in total. The molecule has 2 heterocycles. The van der Waals surface area contributed by atoms with Crippen molar-refractivity contribution in [2.75, 3.05) is 19.6 Å². The van der Waals surface area contributed by atoms with Crippen molar-refractivity contribution in [2.24, 2.45) is 13.0 Å². The van der Waals surface area contributed by atoms with Gasteiger partial charge < -0.3 is 9.47 Å². The number of benzene rings is 2. The van der Waals surface area contributed by atoms with Crippen LogP contribution in [0.3, 0.4) is 0 Å². The van der Waals surface area contributed by atoms with E-state index in [-0.39, 0.29) is 17.8 Å². The van der Waals surface area contributed by atoms with Crippen molar-refractivity contribution in [3.63, 3.8) is 0 Å². The van der Waals surface area contributed by atoms with Gasteiger partial charge in [-0.15, -0.1) is 22.6 Å². The van der Waals surface area contributed by atoms with Crippen LogP contribution < -0.4 is 0 Å². The fourth-order valence-corrected chi connectivity index (χ4v) is 5.33. The highest BCUT2D eigenvalue weighted by Crippen LogP contribution is 2.59. The van der Waals surface area contributed by atoms with E-state index < -0.39 is 23.4 Å². The van der Waals surface area contributed by atoms with Crippen LogP contribution in [-0.4, -0.2) is 39.3 Å². The Labute approximate surface area is 206 Å². The average molecular weight is 513 g/mol. The van der Waals surface area contributed by atoms with Crippen molar-refractivity contribution in [3.05, 3.63) is 71.1 Å². The van der Waals surface area contributed by atoms with E-state index in [9.17, 15) is 22.0 Å². The smallest absolute Gasteiger partial charge is 0.314 e. The molecule has 5 rings (SSSR count). The van der Waals surface area contributed by atoms with Crippen LogP contribution in [0.5, 0.6) is 0 Å². The zero-order chi connectivity index (χ0) is 24.1. The lowest BCUT2D eigenvalue weighted by molar-refractivity contribution is -0.137. The number of likely N-dealkylation sites (tertiary alicyclic amines) is 1. The summed E-state index contributed by atoms with van der Waals surface area (Å²) in [4.78, 5) is 2.39. The molecule has 3 aromatic rings. The minimum atomic E-state index is -4.31. The zero-order valence-electron chi connectivity index (χ0n) is 19.2. The predicted molar refractivity (Wildman–Crippen MR) is 124 cm³/mol. The Morgan fingerprint density at radius 2 is 1.69 bits per heavy atom. The molecule has 2 fully saturated rings. The largest absolute Gasteiger partial charge is 0.416 e. The minimum Gasteiger partial charge on any atom is -0.314 e.